The molecule has 1 aliphatic rings. The van der Waals surface area contributed by atoms with E-state index in [9.17, 15) is 12.8 Å². The molecule has 106 valence electrons. The molecule has 1 aromatic carbocycles. The van der Waals surface area contributed by atoms with Crippen LogP contribution < -0.4 is 5.73 Å². The Bertz CT molecular complexity index is 562. The Morgan fingerprint density at radius 3 is 2.95 bits per heavy atom. The number of nitrogens with zero attached hydrogens (tertiary/aromatic N) is 1. The van der Waals surface area contributed by atoms with Gasteiger partial charge in [0.15, 0.2) is 0 Å². The van der Waals surface area contributed by atoms with Crippen LogP contribution in [0.15, 0.2) is 23.1 Å². The number of hydrogen-bond acceptors (Lipinski definition) is 4. The van der Waals surface area contributed by atoms with E-state index in [2.05, 4.69) is 0 Å². The summed E-state index contributed by atoms with van der Waals surface area (Å²) in [6.45, 7) is 2.84. The number of nitrogen functional groups attached to an aromatic ring is 1. The second-order valence-corrected chi connectivity index (χ2v) is 6.26. The minimum Gasteiger partial charge on any atom is -0.395 e. The molecule has 19 heavy (non-hydrogen) atoms. The number of halogens is 1. The number of para-hydroxylation sites is 1. The Labute approximate surface area is 112 Å². The summed E-state index contributed by atoms with van der Waals surface area (Å²) in [5, 5.41) is 0. The molecule has 1 atom stereocenters. The van der Waals surface area contributed by atoms with Gasteiger partial charge in [0.1, 0.15) is 10.7 Å². The highest BCUT2D eigenvalue weighted by Gasteiger charge is 2.34. The molecule has 0 spiro atoms. The van der Waals surface area contributed by atoms with Gasteiger partial charge in [0.25, 0.3) is 0 Å². The van der Waals surface area contributed by atoms with Gasteiger partial charge in [0.2, 0.25) is 10.0 Å². The highest BCUT2D eigenvalue weighted by atomic mass is 32.2. The standard InChI is InChI=1S/C12H17FN2O3S/c1-2-9-8-18-7-6-15(9)19(16,17)11-5-3-4-10(13)12(11)14/h3-5,9H,2,6-8,14H2,1H3. The minimum atomic E-state index is -3.79. The first kappa shape index (κ1) is 14.2. The van der Waals surface area contributed by atoms with Gasteiger partial charge in [-0.05, 0) is 18.6 Å². The Morgan fingerprint density at radius 1 is 1.53 bits per heavy atom. The third-order valence-corrected chi connectivity index (χ3v) is 5.25. The van der Waals surface area contributed by atoms with E-state index < -0.39 is 15.8 Å². The number of rotatable bonds is 3. The predicted octanol–water partition coefficient (Wildman–Crippen LogP) is 1.21. The summed E-state index contributed by atoms with van der Waals surface area (Å²) >= 11 is 0. The highest BCUT2D eigenvalue weighted by molar-refractivity contribution is 7.89. The fourth-order valence-corrected chi connectivity index (χ4v) is 3.94. The Balaban J connectivity index is 2.44. The first-order valence-electron chi connectivity index (χ1n) is 6.12. The maximum atomic E-state index is 13.4. The number of hydrogen-bond donors (Lipinski definition) is 1. The van der Waals surface area contributed by atoms with E-state index >= 15 is 0 Å². The highest BCUT2D eigenvalue weighted by Crippen LogP contribution is 2.27. The average molecular weight is 288 g/mol. The van der Waals surface area contributed by atoms with Gasteiger partial charge in [-0.25, -0.2) is 12.8 Å². The summed E-state index contributed by atoms with van der Waals surface area (Å²) in [6, 6.07) is 3.59. The Hall–Kier alpha value is -1.18. The van der Waals surface area contributed by atoms with E-state index in [4.69, 9.17) is 10.5 Å². The number of nitrogens with two attached hydrogens (primary N) is 1. The lowest BCUT2D eigenvalue weighted by molar-refractivity contribution is 0.0314. The van der Waals surface area contributed by atoms with E-state index in [1.807, 2.05) is 6.92 Å². The van der Waals surface area contributed by atoms with Crippen LogP contribution in [0, 0.1) is 5.82 Å². The van der Waals surface area contributed by atoms with E-state index in [-0.39, 0.29) is 23.2 Å². The molecule has 1 heterocycles. The SMILES string of the molecule is CCC1COCCN1S(=O)(=O)c1cccc(F)c1N. The van der Waals surface area contributed by atoms with Crippen LogP contribution in [0.4, 0.5) is 10.1 Å². The van der Waals surface area contributed by atoms with Gasteiger partial charge in [-0.3, -0.25) is 0 Å². The molecule has 0 amide bonds. The normalized spacial score (nSPS) is 21.5. The average Bonchev–Trinajstić information content (AvgIpc) is 2.41. The molecular formula is C12H17FN2O3S. The summed E-state index contributed by atoms with van der Waals surface area (Å²) in [5.74, 6) is -0.720. The molecule has 0 bridgehead atoms. The van der Waals surface area contributed by atoms with Gasteiger partial charge < -0.3 is 10.5 Å². The van der Waals surface area contributed by atoms with Gasteiger partial charge in [-0.15, -0.1) is 0 Å². The predicted molar refractivity (Wildman–Crippen MR) is 69.6 cm³/mol. The zero-order valence-electron chi connectivity index (χ0n) is 10.7. The largest absolute Gasteiger partial charge is 0.395 e. The van der Waals surface area contributed by atoms with Gasteiger partial charge >= 0.3 is 0 Å². The lowest BCUT2D eigenvalue weighted by atomic mass is 10.2. The Morgan fingerprint density at radius 2 is 2.26 bits per heavy atom. The van der Waals surface area contributed by atoms with Crippen molar-refractivity contribution in [3.8, 4) is 0 Å². The van der Waals surface area contributed by atoms with Crippen LogP contribution in [0.25, 0.3) is 0 Å². The molecule has 2 N–H and O–H groups in total. The zero-order chi connectivity index (χ0) is 14.0. The third kappa shape index (κ3) is 2.58. The third-order valence-electron chi connectivity index (χ3n) is 3.24. The summed E-state index contributed by atoms with van der Waals surface area (Å²) in [5.41, 5.74) is 5.22. The molecule has 0 aromatic heterocycles. The quantitative estimate of drug-likeness (QED) is 0.848. The van der Waals surface area contributed by atoms with Gasteiger partial charge in [0, 0.05) is 12.6 Å². The van der Waals surface area contributed by atoms with Crippen LogP contribution in [-0.4, -0.2) is 38.5 Å². The molecule has 0 radical (unpaired) electrons. The molecule has 0 aliphatic carbocycles. The first-order valence-corrected chi connectivity index (χ1v) is 7.56. The van der Waals surface area contributed by atoms with Gasteiger partial charge in [-0.1, -0.05) is 13.0 Å². The van der Waals surface area contributed by atoms with E-state index in [1.165, 1.54) is 16.4 Å². The molecule has 1 fully saturated rings. The molecule has 0 saturated carbocycles. The molecule has 1 unspecified atom stereocenters. The van der Waals surface area contributed by atoms with Crippen molar-refractivity contribution in [1.29, 1.82) is 0 Å². The van der Waals surface area contributed by atoms with Crippen molar-refractivity contribution in [3.63, 3.8) is 0 Å². The summed E-state index contributed by atoms with van der Waals surface area (Å²) in [4.78, 5) is -0.173. The van der Waals surface area contributed by atoms with E-state index in [1.54, 1.807) is 0 Å². The van der Waals surface area contributed by atoms with Gasteiger partial charge in [-0.2, -0.15) is 4.31 Å². The first-order chi connectivity index (χ1) is 8.98. The van der Waals surface area contributed by atoms with E-state index in [0.29, 0.717) is 19.6 Å². The molecule has 5 nitrogen and oxygen atoms in total. The van der Waals surface area contributed by atoms with Crippen molar-refractivity contribution in [2.75, 3.05) is 25.5 Å². The number of benzene rings is 1. The van der Waals surface area contributed by atoms with Crippen molar-refractivity contribution in [1.82, 2.24) is 4.31 Å². The smallest absolute Gasteiger partial charge is 0.245 e. The van der Waals surface area contributed by atoms with Gasteiger partial charge in [0.05, 0.1) is 18.9 Å². The van der Waals surface area contributed by atoms with Crippen LogP contribution in [0.5, 0.6) is 0 Å². The van der Waals surface area contributed by atoms with Crippen molar-refractivity contribution in [3.05, 3.63) is 24.0 Å². The lowest BCUT2D eigenvalue weighted by Gasteiger charge is -2.34. The van der Waals surface area contributed by atoms with Crippen molar-refractivity contribution in [2.24, 2.45) is 0 Å². The lowest BCUT2D eigenvalue weighted by Crippen LogP contribution is -2.48. The van der Waals surface area contributed by atoms with Crippen LogP contribution in [0.3, 0.4) is 0 Å². The van der Waals surface area contributed by atoms with Crippen LogP contribution >= 0.6 is 0 Å². The summed E-state index contributed by atoms with van der Waals surface area (Å²) < 4.78 is 45.2. The number of ether oxygens (including phenoxy) is 1. The topological polar surface area (TPSA) is 72.6 Å². The molecule has 7 heteroatoms. The zero-order valence-corrected chi connectivity index (χ0v) is 11.5. The van der Waals surface area contributed by atoms with E-state index in [0.717, 1.165) is 6.07 Å². The molecule has 1 aliphatic heterocycles. The van der Waals surface area contributed by atoms with Crippen molar-refractivity contribution < 1.29 is 17.5 Å². The molecule has 1 aromatic rings. The van der Waals surface area contributed by atoms with Crippen LogP contribution in [0.2, 0.25) is 0 Å². The van der Waals surface area contributed by atoms with Crippen LogP contribution in [0.1, 0.15) is 13.3 Å². The second kappa shape index (κ2) is 5.44. The minimum absolute atomic E-state index is 0.173. The summed E-state index contributed by atoms with van der Waals surface area (Å²) in [7, 11) is -3.79. The van der Waals surface area contributed by atoms with Crippen molar-refractivity contribution in [2.45, 2.75) is 24.3 Å². The van der Waals surface area contributed by atoms with Crippen molar-refractivity contribution >= 4 is 15.7 Å². The monoisotopic (exact) mass is 288 g/mol. The summed E-state index contributed by atoms with van der Waals surface area (Å²) in [6.07, 6.45) is 0.633. The number of morpholine rings is 1. The maximum absolute atomic E-state index is 13.4. The Kier molecular flexibility index (Phi) is 4.07. The molecular weight excluding hydrogens is 271 g/mol. The molecule has 1 saturated heterocycles. The van der Waals surface area contributed by atoms with Crippen LogP contribution in [-0.2, 0) is 14.8 Å². The molecule has 2 rings (SSSR count). The fourth-order valence-electron chi connectivity index (χ4n) is 2.15. The second-order valence-electron chi connectivity index (χ2n) is 4.40. The fraction of sp³-hybridized carbons (Fsp3) is 0.500. The number of anilines is 1. The maximum Gasteiger partial charge on any atom is 0.245 e. The number of sulfonamides is 1.